The molecule has 13 heavy (non-hydrogen) atoms. The van der Waals surface area contributed by atoms with Gasteiger partial charge < -0.3 is 10.4 Å². The Kier molecular flexibility index (Phi) is 2.90. The standard InChI is InChI=1S/C9H15NO3/c1-5(2)7(9(12)13)10-8(11)6-3-4-6/h5-7H,3-4H2,1-2H3,(H,10,11)(H,12,13). The van der Waals surface area contributed by atoms with Crippen molar-refractivity contribution in [2.45, 2.75) is 32.7 Å². The second kappa shape index (κ2) is 3.77. The smallest absolute Gasteiger partial charge is 0.326 e. The molecule has 0 aliphatic heterocycles. The number of aliphatic carboxylic acids is 1. The highest BCUT2D eigenvalue weighted by Gasteiger charge is 2.33. The molecule has 1 unspecified atom stereocenters. The normalized spacial score (nSPS) is 18.4. The zero-order chi connectivity index (χ0) is 10.0. The third-order valence-electron chi connectivity index (χ3n) is 2.18. The van der Waals surface area contributed by atoms with Gasteiger partial charge in [-0.25, -0.2) is 4.79 Å². The molecule has 2 N–H and O–H groups in total. The van der Waals surface area contributed by atoms with Gasteiger partial charge in [-0.15, -0.1) is 0 Å². The van der Waals surface area contributed by atoms with E-state index >= 15 is 0 Å². The van der Waals surface area contributed by atoms with Gasteiger partial charge in [0.15, 0.2) is 0 Å². The van der Waals surface area contributed by atoms with Gasteiger partial charge in [0, 0.05) is 5.92 Å². The zero-order valence-corrected chi connectivity index (χ0v) is 7.91. The molecular weight excluding hydrogens is 170 g/mol. The van der Waals surface area contributed by atoms with Crippen LogP contribution in [0.15, 0.2) is 0 Å². The summed E-state index contributed by atoms with van der Waals surface area (Å²) in [6, 6.07) is -0.743. The van der Waals surface area contributed by atoms with E-state index in [1.807, 2.05) is 0 Å². The maximum atomic E-state index is 11.3. The molecule has 0 heterocycles. The molecule has 1 fully saturated rings. The molecule has 0 radical (unpaired) electrons. The van der Waals surface area contributed by atoms with Crippen LogP contribution in [0.3, 0.4) is 0 Å². The monoisotopic (exact) mass is 185 g/mol. The Hall–Kier alpha value is -1.06. The summed E-state index contributed by atoms with van der Waals surface area (Å²) in [5.74, 6) is -1.06. The average Bonchev–Trinajstić information content (AvgIpc) is 2.80. The quantitative estimate of drug-likeness (QED) is 0.674. The van der Waals surface area contributed by atoms with Gasteiger partial charge in [-0.3, -0.25) is 4.79 Å². The molecule has 0 spiro atoms. The molecule has 0 aromatic carbocycles. The number of carboxylic acid groups (broad SMARTS) is 1. The fourth-order valence-electron chi connectivity index (χ4n) is 1.13. The zero-order valence-electron chi connectivity index (χ0n) is 7.91. The molecule has 1 aliphatic rings. The molecule has 1 amide bonds. The summed E-state index contributed by atoms with van der Waals surface area (Å²) in [5, 5.41) is 11.3. The van der Waals surface area contributed by atoms with Crippen molar-refractivity contribution < 1.29 is 14.7 Å². The number of carbonyl (C=O) groups excluding carboxylic acids is 1. The second-order valence-electron chi connectivity index (χ2n) is 3.84. The highest BCUT2D eigenvalue weighted by molar-refractivity contribution is 5.86. The molecule has 74 valence electrons. The lowest BCUT2D eigenvalue weighted by Crippen LogP contribution is -2.44. The van der Waals surface area contributed by atoms with E-state index in [0.29, 0.717) is 0 Å². The van der Waals surface area contributed by atoms with Crippen LogP contribution in [0.5, 0.6) is 0 Å². The SMILES string of the molecule is CC(C)C(NC(=O)C1CC1)C(=O)O. The van der Waals surface area contributed by atoms with Gasteiger partial charge in [-0.05, 0) is 18.8 Å². The Balaban J connectivity index is 2.46. The molecule has 1 atom stereocenters. The first-order chi connectivity index (χ1) is 6.02. The van der Waals surface area contributed by atoms with Crippen LogP contribution in [0.1, 0.15) is 26.7 Å². The summed E-state index contributed by atoms with van der Waals surface area (Å²) in [6.07, 6.45) is 1.80. The lowest BCUT2D eigenvalue weighted by Gasteiger charge is -2.17. The van der Waals surface area contributed by atoms with Crippen LogP contribution in [0.2, 0.25) is 0 Å². The van der Waals surface area contributed by atoms with Crippen LogP contribution in [0, 0.1) is 11.8 Å². The van der Waals surface area contributed by atoms with Crippen LogP contribution in [-0.4, -0.2) is 23.0 Å². The highest BCUT2D eigenvalue weighted by Crippen LogP contribution is 2.29. The number of amides is 1. The van der Waals surface area contributed by atoms with Gasteiger partial charge in [-0.2, -0.15) is 0 Å². The van der Waals surface area contributed by atoms with Gasteiger partial charge >= 0.3 is 5.97 Å². The number of carboxylic acids is 1. The van der Waals surface area contributed by atoms with Crippen LogP contribution < -0.4 is 5.32 Å². The Morgan fingerprint density at radius 1 is 1.38 bits per heavy atom. The van der Waals surface area contributed by atoms with Gasteiger partial charge in [0.1, 0.15) is 6.04 Å². The summed E-state index contributed by atoms with van der Waals surface area (Å²) < 4.78 is 0. The molecule has 1 aliphatic carbocycles. The first-order valence-corrected chi connectivity index (χ1v) is 4.55. The van der Waals surface area contributed by atoms with Gasteiger partial charge in [0.05, 0.1) is 0 Å². The maximum absolute atomic E-state index is 11.3. The van der Waals surface area contributed by atoms with Crippen LogP contribution in [0.25, 0.3) is 0 Å². The van der Waals surface area contributed by atoms with Gasteiger partial charge in [-0.1, -0.05) is 13.8 Å². The molecule has 1 saturated carbocycles. The van der Waals surface area contributed by atoms with Crippen molar-refractivity contribution in [3.63, 3.8) is 0 Å². The summed E-state index contributed by atoms with van der Waals surface area (Å²) in [4.78, 5) is 22.0. The first kappa shape index (κ1) is 10.0. The number of rotatable bonds is 4. The Labute approximate surface area is 77.3 Å². The van der Waals surface area contributed by atoms with E-state index in [-0.39, 0.29) is 17.7 Å². The maximum Gasteiger partial charge on any atom is 0.326 e. The minimum absolute atomic E-state index is 0.0693. The molecule has 1 rings (SSSR count). The average molecular weight is 185 g/mol. The van der Waals surface area contributed by atoms with Crippen molar-refractivity contribution in [1.82, 2.24) is 5.32 Å². The molecule has 4 heteroatoms. The number of hydrogen-bond acceptors (Lipinski definition) is 2. The molecule has 0 aromatic rings. The van der Waals surface area contributed by atoms with Crippen molar-refractivity contribution >= 4 is 11.9 Å². The fourth-order valence-corrected chi connectivity index (χ4v) is 1.13. The lowest BCUT2D eigenvalue weighted by molar-refractivity contribution is -0.143. The molecular formula is C9H15NO3. The van der Waals surface area contributed by atoms with Crippen molar-refractivity contribution in [3.8, 4) is 0 Å². The topological polar surface area (TPSA) is 66.4 Å². The van der Waals surface area contributed by atoms with E-state index in [2.05, 4.69) is 5.32 Å². The Morgan fingerprint density at radius 3 is 2.23 bits per heavy atom. The van der Waals surface area contributed by atoms with Gasteiger partial charge in [0.2, 0.25) is 5.91 Å². The summed E-state index contributed by atoms with van der Waals surface area (Å²) in [6.45, 7) is 3.57. The van der Waals surface area contributed by atoms with Gasteiger partial charge in [0.25, 0.3) is 0 Å². The highest BCUT2D eigenvalue weighted by atomic mass is 16.4. The predicted molar refractivity (Wildman–Crippen MR) is 47.1 cm³/mol. The summed E-state index contributed by atoms with van der Waals surface area (Å²) >= 11 is 0. The van der Waals surface area contributed by atoms with E-state index in [1.54, 1.807) is 13.8 Å². The summed E-state index contributed by atoms with van der Waals surface area (Å²) in [7, 11) is 0. The summed E-state index contributed by atoms with van der Waals surface area (Å²) in [5.41, 5.74) is 0. The van der Waals surface area contributed by atoms with Crippen molar-refractivity contribution in [3.05, 3.63) is 0 Å². The molecule has 0 bridgehead atoms. The minimum atomic E-state index is -0.955. The fraction of sp³-hybridized carbons (Fsp3) is 0.778. The first-order valence-electron chi connectivity index (χ1n) is 4.55. The number of hydrogen-bond donors (Lipinski definition) is 2. The van der Waals surface area contributed by atoms with Crippen LogP contribution >= 0.6 is 0 Å². The molecule has 4 nitrogen and oxygen atoms in total. The second-order valence-corrected chi connectivity index (χ2v) is 3.84. The third-order valence-corrected chi connectivity index (χ3v) is 2.18. The minimum Gasteiger partial charge on any atom is -0.480 e. The van der Waals surface area contributed by atoms with E-state index in [4.69, 9.17) is 5.11 Å². The number of carbonyl (C=O) groups is 2. The van der Waals surface area contributed by atoms with Crippen LogP contribution in [-0.2, 0) is 9.59 Å². The largest absolute Gasteiger partial charge is 0.480 e. The van der Waals surface area contributed by atoms with E-state index < -0.39 is 12.0 Å². The predicted octanol–water partition coefficient (Wildman–Crippen LogP) is 0.622. The Bertz CT molecular complexity index is 221. The van der Waals surface area contributed by atoms with Crippen molar-refractivity contribution in [2.24, 2.45) is 11.8 Å². The van der Waals surface area contributed by atoms with Crippen LogP contribution in [0.4, 0.5) is 0 Å². The number of nitrogens with one attached hydrogen (secondary N) is 1. The molecule has 0 saturated heterocycles. The molecule has 0 aromatic heterocycles. The third kappa shape index (κ3) is 2.72. The van der Waals surface area contributed by atoms with E-state index in [0.717, 1.165) is 12.8 Å². The van der Waals surface area contributed by atoms with E-state index in [1.165, 1.54) is 0 Å². The van der Waals surface area contributed by atoms with E-state index in [9.17, 15) is 9.59 Å². The lowest BCUT2D eigenvalue weighted by atomic mass is 10.0. The Morgan fingerprint density at radius 2 is 1.92 bits per heavy atom. The van der Waals surface area contributed by atoms with Crippen molar-refractivity contribution in [1.29, 1.82) is 0 Å². The van der Waals surface area contributed by atoms with Crippen molar-refractivity contribution in [2.75, 3.05) is 0 Å².